The fourth-order valence-electron chi connectivity index (χ4n) is 1.59. The van der Waals surface area contributed by atoms with Gasteiger partial charge in [0, 0.05) is 16.1 Å². The SMILES string of the molecule is Cc1cc(C(=O)c2ccc(Cl)cc2)c(Cl)cc1F. The highest BCUT2D eigenvalue weighted by atomic mass is 35.5. The van der Waals surface area contributed by atoms with E-state index in [2.05, 4.69) is 0 Å². The highest BCUT2D eigenvalue weighted by Gasteiger charge is 2.15. The first kappa shape index (κ1) is 13.1. The van der Waals surface area contributed by atoms with Gasteiger partial charge in [0.15, 0.2) is 5.78 Å². The third-order valence-corrected chi connectivity index (χ3v) is 3.16. The van der Waals surface area contributed by atoms with Crippen molar-refractivity contribution in [2.75, 3.05) is 0 Å². The molecule has 0 atom stereocenters. The zero-order valence-electron chi connectivity index (χ0n) is 9.51. The van der Waals surface area contributed by atoms with E-state index in [-0.39, 0.29) is 16.4 Å². The molecule has 92 valence electrons. The molecule has 2 aromatic carbocycles. The molecule has 1 nitrogen and oxygen atoms in total. The van der Waals surface area contributed by atoms with Gasteiger partial charge in [0.2, 0.25) is 0 Å². The van der Waals surface area contributed by atoms with E-state index in [0.29, 0.717) is 16.1 Å². The molecule has 0 amide bonds. The first-order chi connectivity index (χ1) is 8.49. The predicted octanol–water partition coefficient (Wildman–Crippen LogP) is 4.67. The average molecular weight is 283 g/mol. The summed E-state index contributed by atoms with van der Waals surface area (Å²) in [5.74, 6) is -0.674. The molecule has 0 heterocycles. The van der Waals surface area contributed by atoms with Gasteiger partial charge in [-0.3, -0.25) is 4.79 Å². The second-order valence-electron chi connectivity index (χ2n) is 3.92. The molecule has 0 aliphatic carbocycles. The Balaban J connectivity index is 2.46. The number of halogens is 3. The Kier molecular flexibility index (Phi) is 3.69. The highest BCUT2D eigenvalue weighted by molar-refractivity contribution is 6.35. The summed E-state index contributed by atoms with van der Waals surface area (Å²) < 4.78 is 13.3. The molecule has 0 unspecified atom stereocenters. The molecule has 0 saturated carbocycles. The van der Waals surface area contributed by atoms with Crippen LogP contribution in [0.25, 0.3) is 0 Å². The number of ketones is 1. The summed E-state index contributed by atoms with van der Waals surface area (Å²) in [7, 11) is 0. The zero-order chi connectivity index (χ0) is 13.3. The van der Waals surface area contributed by atoms with Crippen LogP contribution in [0.15, 0.2) is 36.4 Å². The molecule has 0 radical (unpaired) electrons. The molecule has 4 heteroatoms. The largest absolute Gasteiger partial charge is 0.289 e. The number of rotatable bonds is 2. The smallest absolute Gasteiger partial charge is 0.194 e. The molecule has 0 aliphatic rings. The maximum atomic E-state index is 13.3. The lowest BCUT2D eigenvalue weighted by molar-refractivity contribution is 0.103. The van der Waals surface area contributed by atoms with E-state index in [4.69, 9.17) is 23.2 Å². The highest BCUT2D eigenvalue weighted by Crippen LogP contribution is 2.23. The molecule has 2 rings (SSSR count). The fourth-order valence-corrected chi connectivity index (χ4v) is 1.95. The van der Waals surface area contributed by atoms with Crippen molar-refractivity contribution in [3.8, 4) is 0 Å². The van der Waals surface area contributed by atoms with Gasteiger partial charge in [-0.2, -0.15) is 0 Å². The van der Waals surface area contributed by atoms with E-state index in [1.165, 1.54) is 6.07 Å². The predicted molar refractivity (Wildman–Crippen MR) is 71.0 cm³/mol. The van der Waals surface area contributed by atoms with Gasteiger partial charge in [0.05, 0.1) is 5.02 Å². The van der Waals surface area contributed by atoms with Crippen LogP contribution in [0.2, 0.25) is 10.0 Å². The standard InChI is InChI=1S/C14H9Cl2FO/c1-8-6-11(12(16)7-13(8)17)14(18)9-2-4-10(15)5-3-9/h2-7H,1H3. The minimum Gasteiger partial charge on any atom is -0.289 e. The van der Waals surface area contributed by atoms with Crippen LogP contribution in [0, 0.1) is 12.7 Å². The second-order valence-corrected chi connectivity index (χ2v) is 4.76. The third kappa shape index (κ3) is 2.55. The van der Waals surface area contributed by atoms with E-state index in [0.717, 1.165) is 6.07 Å². The van der Waals surface area contributed by atoms with Gasteiger partial charge < -0.3 is 0 Å². The summed E-state index contributed by atoms with van der Waals surface area (Å²) in [4.78, 5) is 12.2. The van der Waals surface area contributed by atoms with E-state index in [1.54, 1.807) is 31.2 Å². The minimum absolute atomic E-state index is 0.109. The lowest BCUT2D eigenvalue weighted by atomic mass is 10.0. The molecule has 0 fully saturated rings. The van der Waals surface area contributed by atoms with Gasteiger partial charge in [0.25, 0.3) is 0 Å². The Hall–Kier alpha value is -1.38. The van der Waals surface area contributed by atoms with Crippen molar-refractivity contribution in [3.63, 3.8) is 0 Å². The summed E-state index contributed by atoms with van der Waals surface area (Å²) in [5.41, 5.74) is 1.14. The molecule has 0 N–H and O–H groups in total. The molecule has 0 saturated heterocycles. The van der Waals surface area contributed by atoms with E-state index in [9.17, 15) is 9.18 Å². The van der Waals surface area contributed by atoms with Crippen LogP contribution in [-0.2, 0) is 0 Å². The van der Waals surface area contributed by atoms with E-state index < -0.39 is 5.82 Å². The maximum Gasteiger partial charge on any atom is 0.194 e. The number of aryl methyl sites for hydroxylation is 1. The summed E-state index contributed by atoms with van der Waals surface area (Å²) in [5, 5.41) is 0.658. The fraction of sp³-hybridized carbons (Fsp3) is 0.0714. The normalized spacial score (nSPS) is 10.4. The van der Waals surface area contributed by atoms with Crippen LogP contribution in [0.5, 0.6) is 0 Å². The van der Waals surface area contributed by atoms with Crippen LogP contribution in [-0.4, -0.2) is 5.78 Å². The van der Waals surface area contributed by atoms with Gasteiger partial charge in [-0.15, -0.1) is 0 Å². The Bertz CT molecular complexity index is 606. The second kappa shape index (κ2) is 5.09. The lowest BCUT2D eigenvalue weighted by Gasteiger charge is -2.06. The first-order valence-electron chi connectivity index (χ1n) is 5.25. The maximum absolute atomic E-state index is 13.3. The monoisotopic (exact) mass is 282 g/mol. The van der Waals surface area contributed by atoms with Crippen LogP contribution in [0.1, 0.15) is 21.5 Å². The summed E-state index contributed by atoms with van der Waals surface area (Å²) >= 11 is 11.6. The van der Waals surface area contributed by atoms with Crippen molar-refractivity contribution in [2.24, 2.45) is 0 Å². The molecule has 0 aliphatic heterocycles. The van der Waals surface area contributed by atoms with Crippen molar-refractivity contribution in [1.29, 1.82) is 0 Å². The minimum atomic E-state index is -0.423. The zero-order valence-corrected chi connectivity index (χ0v) is 11.0. The van der Waals surface area contributed by atoms with Crippen molar-refractivity contribution < 1.29 is 9.18 Å². The lowest BCUT2D eigenvalue weighted by Crippen LogP contribution is -2.03. The van der Waals surface area contributed by atoms with Gasteiger partial charge >= 0.3 is 0 Å². The Labute approximate surface area is 114 Å². The van der Waals surface area contributed by atoms with Crippen molar-refractivity contribution in [1.82, 2.24) is 0 Å². The topological polar surface area (TPSA) is 17.1 Å². The molecular weight excluding hydrogens is 274 g/mol. The summed E-state index contributed by atoms with van der Waals surface area (Å²) in [6.45, 7) is 1.59. The Morgan fingerprint density at radius 1 is 1.11 bits per heavy atom. The number of carbonyl (C=O) groups is 1. The van der Waals surface area contributed by atoms with Crippen LogP contribution < -0.4 is 0 Å². The van der Waals surface area contributed by atoms with Crippen LogP contribution in [0.4, 0.5) is 4.39 Å². The average Bonchev–Trinajstić information content (AvgIpc) is 2.34. The number of hydrogen-bond donors (Lipinski definition) is 0. The van der Waals surface area contributed by atoms with Gasteiger partial charge in [0.1, 0.15) is 5.82 Å². The van der Waals surface area contributed by atoms with E-state index >= 15 is 0 Å². The summed E-state index contributed by atoms with van der Waals surface area (Å²) in [6.07, 6.45) is 0. The van der Waals surface area contributed by atoms with Crippen molar-refractivity contribution >= 4 is 29.0 Å². The molecule has 0 aromatic heterocycles. The number of carbonyl (C=O) groups excluding carboxylic acids is 1. The Morgan fingerprint density at radius 2 is 1.72 bits per heavy atom. The number of hydrogen-bond acceptors (Lipinski definition) is 1. The summed E-state index contributed by atoms with van der Waals surface area (Å²) in [6, 6.07) is 9.08. The molecular formula is C14H9Cl2FO. The Morgan fingerprint density at radius 3 is 2.33 bits per heavy atom. The van der Waals surface area contributed by atoms with Gasteiger partial charge in [-0.1, -0.05) is 23.2 Å². The van der Waals surface area contributed by atoms with Crippen LogP contribution >= 0.6 is 23.2 Å². The van der Waals surface area contributed by atoms with Crippen LogP contribution in [0.3, 0.4) is 0 Å². The van der Waals surface area contributed by atoms with Crippen molar-refractivity contribution in [2.45, 2.75) is 6.92 Å². The molecule has 0 spiro atoms. The quantitative estimate of drug-likeness (QED) is 0.732. The number of benzene rings is 2. The third-order valence-electron chi connectivity index (χ3n) is 2.60. The van der Waals surface area contributed by atoms with Crippen molar-refractivity contribution in [3.05, 3.63) is 69.0 Å². The molecule has 18 heavy (non-hydrogen) atoms. The molecule has 2 aromatic rings. The van der Waals surface area contributed by atoms with E-state index in [1.807, 2.05) is 0 Å². The van der Waals surface area contributed by atoms with Gasteiger partial charge in [-0.25, -0.2) is 4.39 Å². The van der Waals surface area contributed by atoms with Gasteiger partial charge in [-0.05, 0) is 48.9 Å². The molecule has 0 bridgehead atoms. The first-order valence-corrected chi connectivity index (χ1v) is 6.00.